The van der Waals surface area contributed by atoms with Gasteiger partial charge in [0.15, 0.2) is 0 Å². The number of hydrogen-bond acceptors (Lipinski definition) is 6. The summed E-state index contributed by atoms with van der Waals surface area (Å²) in [4.78, 5) is 28.5. The van der Waals surface area contributed by atoms with Crippen LogP contribution in [0.1, 0.15) is 23.7 Å². The van der Waals surface area contributed by atoms with Crippen LogP contribution in [0.3, 0.4) is 0 Å². The van der Waals surface area contributed by atoms with Crippen molar-refractivity contribution in [2.24, 2.45) is 0 Å². The molecule has 8 heteroatoms. The zero-order chi connectivity index (χ0) is 15.4. The number of amides is 1. The number of carbonyl (C=O) groups excluding carboxylic acids is 1. The molecule has 1 aliphatic rings. The average Bonchev–Trinajstić information content (AvgIpc) is 2.53. The van der Waals surface area contributed by atoms with E-state index in [4.69, 9.17) is 4.74 Å². The molecule has 1 N–H and O–H groups in total. The molecule has 1 unspecified atom stereocenters. The molecule has 1 aromatic heterocycles. The van der Waals surface area contributed by atoms with E-state index in [2.05, 4.69) is 10.3 Å². The van der Waals surface area contributed by atoms with Crippen molar-refractivity contribution in [3.8, 4) is 0 Å². The van der Waals surface area contributed by atoms with E-state index >= 15 is 0 Å². The molecule has 1 fully saturated rings. The average molecular weight is 294 g/mol. The molecule has 0 bridgehead atoms. The summed E-state index contributed by atoms with van der Waals surface area (Å²) < 4.78 is 5.51. The number of nitrogens with zero attached hydrogens (tertiary/aromatic N) is 3. The first-order valence-electron chi connectivity index (χ1n) is 6.79. The second-order valence-corrected chi connectivity index (χ2v) is 4.75. The highest BCUT2D eigenvalue weighted by Crippen LogP contribution is 2.23. The largest absolute Gasteiger partial charge is 0.375 e. The highest BCUT2D eigenvalue weighted by molar-refractivity contribution is 5.98. The van der Waals surface area contributed by atoms with Crippen LogP contribution in [0.4, 0.5) is 11.5 Å². The quantitative estimate of drug-likeness (QED) is 0.663. The van der Waals surface area contributed by atoms with Crippen LogP contribution in [0.25, 0.3) is 0 Å². The van der Waals surface area contributed by atoms with Gasteiger partial charge in [0, 0.05) is 26.2 Å². The van der Waals surface area contributed by atoms with E-state index in [-0.39, 0.29) is 23.3 Å². The number of rotatable bonds is 4. The summed E-state index contributed by atoms with van der Waals surface area (Å²) >= 11 is 0. The van der Waals surface area contributed by atoms with E-state index < -0.39 is 4.92 Å². The minimum absolute atomic E-state index is 0.0210. The van der Waals surface area contributed by atoms with Gasteiger partial charge in [0.2, 0.25) is 0 Å². The number of ether oxygens (including phenoxy) is 1. The van der Waals surface area contributed by atoms with E-state index in [1.807, 2.05) is 6.92 Å². The Morgan fingerprint density at radius 3 is 3.05 bits per heavy atom. The first kappa shape index (κ1) is 15.2. The third-order valence-electron chi connectivity index (χ3n) is 3.45. The molecule has 1 atom stereocenters. The number of aromatic nitrogens is 1. The van der Waals surface area contributed by atoms with E-state index in [9.17, 15) is 14.9 Å². The molecule has 0 spiro atoms. The lowest BCUT2D eigenvalue weighted by atomic mass is 10.1. The van der Waals surface area contributed by atoms with Crippen LogP contribution in [0.5, 0.6) is 0 Å². The van der Waals surface area contributed by atoms with Gasteiger partial charge in [0.05, 0.1) is 17.6 Å². The summed E-state index contributed by atoms with van der Waals surface area (Å²) in [5.74, 6) is 0.0617. The number of pyridine rings is 1. The summed E-state index contributed by atoms with van der Waals surface area (Å²) in [5.41, 5.74) is -0.227. The van der Waals surface area contributed by atoms with Crippen LogP contribution in [0.2, 0.25) is 0 Å². The number of morpholine rings is 1. The number of anilines is 1. The Balaban J connectivity index is 2.30. The molecule has 0 aromatic carbocycles. The van der Waals surface area contributed by atoms with Crippen LogP contribution >= 0.6 is 0 Å². The molecular formula is C13H18N4O4. The molecule has 114 valence electrons. The summed E-state index contributed by atoms with van der Waals surface area (Å²) in [6.45, 7) is 3.31. The SMILES string of the molecule is CCC1CN(C(=O)c2cc(NC)ncc2[N+](=O)[O-])CCO1. The van der Waals surface area contributed by atoms with Crippen molar-refractivity contribution in [1.82, 2.24) is 9.88 Å². The van der Waals surface area contributed by atoms with Gasteiger partial charge in [-0.25, -0.2) is 4.98 Å². The Kier molecular flexibility index (Phi) is 4.69. The predicted octanol–water partition coefficient (Wildman–Crippen LogP) is 1.28. The monoisotopic (exact) mass is 294 g/mol. The minimum Gasteiger partial charge on any atom is -0.375 e. The second kappa shape index (κ2) is 6.49. The maximum atomic E-state index is 12.6. The number of hydrogen-bond donors (Lipinski definition) is 1. The third kappa shape index (κ3) is 3.27. The van der Waals surface area contributed by atoms with Gasteiger partial charge >= 0.3 is 0 Å². The fourth-order valence-electron chi connectivity index (χ4n) is 2.22. The van der Waals surface area contributed by atoms with Crippen molar-refractivity contribution in [2.75, 3.05) is 32.1 Å². The summed E-state index contributed by atoms with van der Waals surface area (Å²) in [7, 11) is 1.64. The topological polar surface area (TPSA) is 97.6 Å². The Labute approximate surface area is 122 Å². The van der Waals surface area contributed by atoms with Crippen molar-refractivity contribution in [2.45, 2.75) is 19.4 Å². The standard InChI is InChI=1S/C13H18N4O4/c1-3-9-8-16(4-5-21-9)13(18)10-6-12(14-2)15-7-11(10)17(19)20/h6-7,9H,3-5,8H2,1-2H3,(H,14,15). The van der Waals surface area contributed by atoms with Crippen LogP contribution in [0, 0.1) is 10.1 Å². The Bertz CT molecular complexity index is 549. The smallest absolute Gasteiger partial charge is 0.300 e. The molecule has 0 radical (unpaired) electrons. The van der Waals surface area contributed by atoms with Gasteiger partial charge in [-0.1, -0.05) is 6.92 Å². The maximum Gasteiger partial charge on any atom is 0.300 e. The molecule has 1 aromatic rings. The normalized spacial score (nSPS) is 18.4. The molecule has 0 aliphatic carbocycles. The molecular weight excluding hydrogens is 276 g/mol. The van der Waals surface area contributed by atoms with Crippen LogP contribution < -0.4 is 5.32 Å². The molecule has 2 heterocycles. The van der Waals surface area contributed by atoms with Crippen molar-refractivity contribution in [1.29, 1.82) is 0 Å². The second-order valence-electron chi connectivity index (χ2n) is 4.75. The lowest BCUT2D eigenvalue weighted by molar-refractivity contribution is -0.385. The number of nitrogens with one attached hydrogen (secondary N) is 1. The van der Waals surface area contributed by atoms with Crippen LogP contribution in [-0.2, 0) is 4.74 Å². The van der Waals surface area contributed by atoms with Gasteiger partial charge in [-0.3, -0.25) is 14.9 Å². The highest BCUT2D eigenvalue weighted by Gasteiger charge is 2.29. The summed E-state index contributed by atoms with van der Waals surface area (Å²) in [6, 6.07) is 1.41. The van der Waals surface area contributed by atoms with Crippen LogP contribution in [0.15, 0.2) is 12.3 Å². The molecule has 1 aliphatic heterocycles. The first-order valence-corrected chi connectivity index (χ1v) is 6.79. The lowest BCUT2D eigenvalue weighted by Crippen LogP contribution is -2.45. The summed E-state index contributed by atoms with van der Waals surface area (Å²) in [6.07, 6.45) is 1.88. The molecule has 1 amide bonds. The van der Waals surface area contributed by atoms with Gasteiger partial charge in [-0.05, 0) is 6.42 Å². The molecule has 21 heavy (non-hydrogen) atoms. The van der Waals surface area contributed by atoms with E-state index in [1.54, 1.807) is 11.9 Å². The van der Waals surface area contributed by atoms with Crippen LogP contribution in [-0.4, -0.2) is 53.6 Å². The van der Waals surface area contributed by atoms with Crippen molar-refractivity contribution in [3.63, 3.8) is 0 Å². The zero-order valence-electron chi connectivity index (χ0n) is 12.0. The predicted molar refractivity (Wildman–Crippen MR) is 76.4 cm³/mol. The number of carbonyl (C=O) groups is 1. The van der Waals surface area contributed by atoms with Crippen molar-refractivity contribution in [3.05, 3.63) is 27.9 Å². The molecule has 8 nitrogen and oxygen atoms in total. The fourth-order valence-corrected chi connectivity index (χ4v) is 2.22. The van der Waals surface area contributed by atoms with Gasteiger partial charge in [-0.15, -0.1) is 0 Å². The summed E-state index contributed by atoms with van der Waals surface area (Å²) in [5, 5.41) is 13.9. The third-order valence-corrected chi connectivity index (χ3v) is 3.45. The number of nitro groups is 1. The van der Waals surface area contributed by atoms with Crippen molar-refractivity contribution < 1.29 is 14.5 Å². The fraction of sp³-hybridized carbons (Fsp3) is 0.538. The highest BCUT2D eigenvalue weighted by atomic mass is 16.6. The molecule has 0 saturated carbocycles. The Morgan fingerprint density at radius 2 is 2.43 bits per heavy atom. The molecule has 1 saturated heterocycles. The minimum atomic E-state index is -0.586. The lowest BCUT2D eigenvalue weighted by Gasteiger charge is -2.32. The zero-order valence-corrected chi connectivity index (χ0v) is 12.0. The molecule has 2 rings (SSSR count). The van der Waals surface area contributed by atoms with E-state index in [0.29, 0.717) is 25.5 Å². The van der Waals surface area contributed by atoms with Gasteiger partial charge in [0.25, 0.3) is 11.6 Å². The van der Waals surface area contributed by atoms with Gasteiger partial charge in [-0.2, -0.15) is 0 Å². The first-order chi connectivity index (χ1) is 10.1. The Hall–Kier alpha value is -2.22. The van der Waals surface area contributed by atoms with Gasteiger partial charge in [0.1, 0.15) is 17.6 Å². The van der Waals surface area contributed by atoms with Crippen molar-refractivity contribution >= 4 is 17.4 Å². The Morgan fingerprint density at radius 1 is 1.67 bits per heavy atom. The van der Waals surface area contributed by atoms with Gasteiger partial charge < -0.3 is 15.0 Å². The maximum absolute atomic E-state index is 12.6. The van der Waals surface area contributed by atoms with E-state index in [0.717, 1.165) is 12.6 Å². The van der Waals surface area contributed by atoms with E-state index in [1.165, 1.54) is 6.07 Å².